The quantitative estimate of drug-likeness (QED) is 0.884. The van der Waals surface area contributed by atoms with E-state index in [0.717, 1.165) is 16.8 Å². The Kier molecular flexibility index (Phi) is 4.33. The number of rotatable bonds is 2. The Morgan fingerprint density at radius 1 is 1.11 bits per heavy atom. The van der Waals surface area contributed by atoms with E-state index in [1.807, 2.05) is 0 Å². The summed E-state index contributed by atoms with van der Waals surface area (Å²) in [5.41, 5.74) is 5.39. The van der Waals surface area contributed by atoms with Gasteiger partial charge in [-0.3, -0.25) is 0 Å². The van der Waals surface area contributed by atoms with Crippen LogP contribution in [0.2, 0.25) is 0 Å². The van der Waals surface area contributed by atoms with Crippen molar-refractivity contribution in [3.05, 3.63) is 26.7 Å². The molecule has 2 nitrogen and oxygen atoms in total. The highest BCUT2D eigenvalue weighted by molar-refractivity contribution is 9.10. The van der Waals surface area contributed by atoms with Crippen LogP contribution in [0.3, 0.4) is 0 Å². The summed E-state index contributed by atoms with van der Waals surface area (Å²) in [4.78, 5) is 0. The van der Waals surface area contributed by atoms with Crippen LogP contribution in [-0.4, -0.2) is 13.7 Å². The van der Waals surface area contributed by atoms with Crippen molar-refractivity contribution < 1.29 is 4.74 Å². The van der Waals surface area contributed by atoms with Gasteiger partial charge in [-0.25, -0.2) is 0 Å². The molecule has 1 aliphatic heterocycles. The number of hydrogen-bond donors (Lipinski definition) is 1. The van der Waals surface area contributed by atoms with Gasteiger partial charge in [0.2, 0.25) is 0 Å². The maximum Gasteiger partial charge on any atom is 0.136 e. The summed E-state index contributed by atoms with van der Waals surface area (Å²) in [6, 6.07) is 0.500. The molecule has 1 fully saturated rings. The van der Waals surface area contributed by atoms with Crippen molar-refractivity contribution in [1.82, 2.24) is 5.32 Å². The molecule has 1 N–H and O–H groups in total. The molecule has 0 amide bonds. The third-order valence-electron chi connectivity index (χ3n) is 4.10. The molecule has 0 saturated carbocycles. The molecular weight excluding hydrogens is 290 g/mol. The number of piperidine rings is 1. The molecular formula is C15H22BrNO. The summed E-state index contributed by atoms with van der Waals surface area (Å²) in [6.07, 6.45) is 3.85. The highest BCUT2D eigenvalue weighted by atomic mass is 79.9. The lowest BCUT2D eigenvalue weighted by Gasteiger charge is -2.29. The Morgan fingerprint density at radius 2 is 1.83 bits per heavy atom. The Hall–Kier alpha value is -0.540. The van der Waals surface area contributed by atoms with Crippen LogP contribution in [0.25, 0.3) is 0 Å². The van der Waals surface area contributed by atoms with E-state index in [9.17, 15) is 0 Å². The largest absolute Gasteiger partial charge is 0.495 e. The summed E-state index contributed by atoms with van der Waals surface area (Å²) in [5.74, 6) is 0.976. The van der Waals surface area contributed by atoms with Gasteiger partial charge in [-0.1, -0.05) is 6.42 Å². The number of halogens is 1. The van der Waals surface area contributed by atoms with Gasteiger partial charge in [0.25, 0.3) is 0 Å². The van der Waals surface area contributed by atoms with Crippen molar-refractivity contribution in [2.45, 2.75) is 46.1 Å². The second-order valence-electron chi connectivity index (χ2n) is 5.14. The lowest BCUT2D eigenvalue weighted by atomic mass is 9.88. The average molecular weight is 312 g/mol. The van der Waals surface area contributed by atoms with Crippen LogP contribution in [0.15, 0.2) is 4.47 Å². The van der Waals surface area contributed by atoms with Crippen molar-refractivity contribution >= 4 is 15.9 Å². The normalized spacial score (nSPS) is 19.9. The van der Waals surface area contributed by atoms with Crippen LogP contribution in [0, 0.1) is 20.8 Å². The van der Waals surface area contributed by atoms with Crippen molar-refractivity contribution in [2.24, 2.45) is 0 Å². The first kappa shape index (κ1) is 13.9. The van der Waals surface area contributed by atoms with Crippen molar-refractivity contribution in [3.8, 4) is 5.75 Å². The van der Waals surface area contributed by atoms with Crippen molar-refractivity contribution in [2.75, 3.05) is 13.7 Å². The van der Waals surface area contributed by atoms with Gasteiger partial charge in [-0.05, 0) is 78.3 Å². The molecule has 1 unspecified atom stereocenters. The number of hydrogen-bond acceptors (Lipinski definition) is 2. The first-order chi connectivity index (χ1) is 8.57. The molecule has 100 valence electrons. The Bertz CT molecular complexity index is 421. The second-order valence-corrected chi connectivity index (χ2v) is 5.93. The molecule has 2 rings (SSSR count). The molecule has 3 heteroatoms. The first-order valence-corrected chi connectivity index (χ1v) is 7.43. The first-order valence-electron chi connectivity index (χ1n) is 6.64. The summed E-state index contributed by atoms with van der Waals surface area (Å²) in [5, 5.41) is 3.65. The van der Waals surface area contributed by atoms with Gasteiger partial charge in [0.15, 0.2) is 0 Å². The highest BCUT2D eigenvalue weighted by Crippen LogP contribution is 2.40. The monoisotopic (exact) mass is 311 g/mol. The fourth-order valence-electron chi connectivity index (χ4n) is 2.97. The van der Waals surface area contributed by atoms with E-state index in [4.69, 9.17) is 4.74 Å². The van der Waals surface area contributed by atoms with Crippen LogP contribution in [0.5, 0.6) is 5.75 Å². The highest BCUT2D eigenvalue weighted by Gasteiger charge is 2.23. The topological polar surface area (TPSA) is 21.3 Å². The molecule has 0 aromatic heterocycles. The number of benzene rings is 1. The zero-order valence-corrected chi connectivity index (χ0v) is 13.3. The summed E-state index contributed by atoms with van der Waals surface area (Å²) in [6.45, 7) is 7.67. The van der Waals surface area contributed by atoms with E-state index in [1.165, 1.54) is 41.5 Å². The van der Waals surface area contributed by atoms with E-state index in [-0.39, 0.29) is 0 Å². The van der Waals surface area contributed by atoms with Gasteiger partial charge in [0.1, 0.15) is 5.75 Å². The van der Waals surface area contributed by atoms with E-state index in [0.29, 0.717) is 6.04 Å². The molecule has 1 aliphatic rings. The molecule has 0 spiro atoms. The predicted molar refractivity (Wildman–Crippen MR) is 79.5 cm³/mol. The molecule has 0 aliphatic carbocycles. The van der Waals surface area contributed by atoms with Crippen LogP contribution < -0.4 is 10.1 Å². The Morgan fingerprint density at radius 3 is 2.39 bits per heavy atom. The molecule has 1 aromatic carbocycles. The molecule has 1 atom stereocenters. The smallest absolute Gasteiger partial charge is 0.136 e. The van der Waals surface area contributed by atoms with E-state index < -0.39 is 0 Å². The SMILES string of the molecule is COc1c(C)c(C)c(C2CCCCN2)c(C)c1Br. The maximum absolute atomic E-state index is 5.51. The standard InChI is InChI=1S/C15H22BrNO/c1-9-10(2)15(18-4)14(16)11(3)13(9)12-7-5-6-8-17-12/h12,17H,5-8H2,1-4H3. The molecule has 0 bridgehead atoms. The van der Waals surface area contributed by atoms with Gasteiger partial charge in [-0.15, -0.1) is 0 Å². The zero-order valence-electron chi connectivity index (χ0n) is 11.7. The summed E-state index contributed by atoms with van der Waals surface area (Å²) in [7, 11) is 1.74. The van der Waals surface area contributed by atoms with Gasteiger partial charge < -0.3 is 10.1 Å². The third-order valence-corrected chi connectivity index (χ3v) is 5.06. The molecule has 0 radical (unpaired) electrons. The Balaban J connectivity index is 2.53. The molecule has 1 heterocycles. The van der Waals surface area contributed by atoms with Crippen LogP contribution in [-0.2, 0) is 0 Å². The van der Waals surface area contributed by atoms with Crippen LogP contribution >= 0.6 is 15.9 Å². The van der Waals surface area contributed by atoms with Crippen molar-refractivity contribution in [3.63, 3.8) is 0 Å². The Labute approximate surface area is 118 Å². The zero-order chi connectivity index (χ0) is 13.3. The molecule has 18 heavy (non-hydrogen) atoms. The summed E-state index contributed by atoms with van der Waals surface area (Å²) >= 11 is 3.69. The lowest BCUT2D eigenvalue weighted by molar-refractivity contribution is 0.399. The molecule has 1 aromatic rings. The van der Waals surface area contributed by atoms with Gasteiger partial charge in [-0.2, -0.15) is 0 Å². The fourth-order valence-corrected chi connectivity index (χ4v) is 3.64. The minimum absolute atomic E-state index is 0.500. The van der Waals surface area contributed by atoms with Crippen LogP contribution in [0.1, 0.15) is 47.6 Å². The summed E-state index contributed by atoms with van der Waals surface area (Å²) < 4.78 is 6.62. The number of nitrogens with one attached hydrogen (secondary N) is 1. The lowest BCUT2D eigenvalue weighted by Crippen LogP contribution is -2.28. The average Bonchev–Trinajstić information content (AvgIpc) is 2.39. The maximum atomic E-state index is 5.51. The minimum Gasteiger partial charge on any atom is -0.495 e. The third kappa shape index (κ3) is 2.30. The van der Waals surface area contributed by atoms with E-state index in [2.05, 4.69) is 42.0 Å². The van der Waals surface area contributed by atoms with Crippen LogP contribution in [0.4, 0.5) is 0 Å². The van der Waals surface area contributed by atoms with Gasteiger partial charge >= 0.3 is 0 Å². The molecule has 1 saturated heterocycles. The predicted octanol–water partition coefficient (Wildman–Crippen LogP) is 4.20. The van der Waals surface area contributed by atoms with Crippen molar-refractivity contribution in [1.29, 1.82) is 0 Å². The fraction of sp³-hybridized carbons (Fsp3) is 0.600. The van der Waals surface area contributed by atoms with Gasteiger partial charge in [0.05, 0.1) is 11.6 Å². The minimum atomic E-state index is 0.500. The van der Waals surface area contributed by atoms with E-state index in [1.54, 1.807) is 7.11 Å². The number of ether oxygens (including phenoxy) is 1. The second kappa shape index (κ2) is 5.62. The van der Waals surface area contributed by atoms with Gasteiger partial charge in [0, 0.05) is 6.04 Å². The number of methoxy groups -OCH3 is 1. The van der Waals surface area contributed by atoms with E-state index >= 15 is 0 Å².